The molecule has 1 N–H and O–H groups in total. The van der Waals surface area contributed by atoms with E-state index in [-0.39, 0.29) is 0 Å². The van der Waals surface area contributed by atoms with Gasteiger partial charge in [-0.2, -0.15) is 0 Å². The SMILES string of the molecule is CCOc1ccc(NC(=S)N2CCCCC2c2cccnc2)cc1. The number of nitrogens with one attached hydrogen (secondary N) is 1. The number of hydrogen-bond donors (Lipinski definition) is 1. The molecule has 0 spiro atoms. The molecule has 1 fully saturated rings. The molecule has 4 nitrogen and oxygen atoms in total. The molecule has 5 heteroatoms. The second-order valence-electron chi connectivity index (χ2n) is 5.88. The summed E-state index contributed by atoms with van der Waals surface area (Å²) in [6, 6.07) is 12.4. The maximum Gasteiger partial charge on any atom is 0.173 e. The minimum absolute atomic E-state index is 0.301. The van der Waals surface area contributed by atoms with E-state index in [1.165, 1.54) is 18.4 Å². The van der Waals surface area contributed by atoms with E-state index in [4.69, 9.17) is 17.0 Å². The van der Waals surface area contributed by atoms with Crippen LogP contribution >= 0.6 is 12.2 Å². The van der Waals surface area contributed by atoms with Gasteiger partial charge < -0.3 is 15.0 Å². The number of likely N-dealkylation sites (tertiary alicyclic amines) is 1. The Kier molecular flexibility index (Phi) is 5.64. The summed E-state index contributed by atoms with van der Waals surface area (Å²) in [4.78, 5) is 6.54. The highest BCUT2D eigenvalue weighted by atomic mass is 32.1. The van der Waals surface area contributed by atoms with Crippen LogP contribution in [0.2, 0.25) is 0 Å². The lowest BCUT2D eigenvalue weighted by molar-refractivity contribution is 0.248. The van der Waals surface area contributed by atoms with Crippen molar-refractivity contribution in [1.29, 1.82) is 0 Å². The fraction of sp³-hybridized carbons (Fsp3) is 0.368. The molecule has 126 valence electrons. The van der Waals surface area contributed by atoms with Crippen LogP contribution in [0.1, 0.15) is 37.8 Å². The number of pyridine rings is 1. The number of thiocarbonyl (C=S) groups is 1. The molecule has 1 aromatic carbocycles. The molecule has 24 heavy (non-hydrogen) atoms. The third-order valence-electron chi connectivity index (χ3n) is 4.25. The fourth-order valence-corrected chi connectivity index (χ4v) is 3.43. The van der Waals surface area contributed by atoms with E-state index in [0.29, 0.717) is 12.6 Å². The zero-order valence-electron chi connectivity index (χ0n) is 13.9. The quantitative estimate of drug-likeness (QED) is 0.834. The molecule has 1 aliphatic rings. The Labute approximate surface area is 148 Å². The number of benzene rings is 1. The molecule has 1 saturated heterocycles. The number of nitrogens with zero attached hydrogens (tertiary/aromatic N) is 2. The first-order valence-corrected chi connectivity index (χ1v) is 8.89. The summed E-state index contributed by atoms with van der Waals surface area (Å²) in [7, 11) is 0. The van der Waals surface area contributed by atoms with Crippen LogP contribution in [0.5, 0.6) is 5.75 Å². The molecule has 1 aromatic heterocycles. The molecule has 0 radical (unpaired) electrons. The lowest BCUT2D eigenvalue weighted by atomic mass is 9.97. The van der Waals surface area contributed by atoms with Gasteiger partial charge in [-0.3, -0.25) is 4.98 Å². The first kappa shape index (κ1) is 16.7. The molecule has 0 saturated carbocycles. The Morgan fingerprint density at radius 1 is 1.29 bits per heavy atom. The minimum atomic E-state index is 0.301. The van der Waals surface area contributed by atoms with Gasteiger partial charge in [0.2, 0.25) is 0 Å². The topological polar surface area (TPSA) is 37.4 Å². The Morgan fingerprint density at radius 2 is 2.12 bits per heavy atom. The molecule has 0 aliphatic carbocycles. The average molecular weight is 341 g/mol. The molecule has 0 bridgehead atoms. The Bertz CT molecular complexity index is 660. The summed E-state index contributed by atoms with van der Waals surface area (Å²) < 4.78 is 5.48. The van der Waals surface area contributed by atoms with Crippen molar-refractivity contribution in [1.82, 2.24) is 9.88 Å². The van der Waals surface area contributed by atoms with E-state index in [1.54, 1.807) is 0 Å². The summed E-state index contributed by atoms with van der Waals surface area (Å²) in [6.45, 7) is 3.63. The van der Waals surface area contributed by atoms with Gasteiger partial charge >= 0.3 is 0 Å². The second kappa shape index (κ2) is 8.11. The van der Waals surface area contributed by atoms with Gasteiger partial charge in [0, 0.05) is 24.6 Å². The van der Waals surface area contributed by atoms with Crippen molar-refractivity contribution < 1.29 is 4.74 Å². The molecule has 2 aromatic rings. The van der Waals surface area contributed by atoms with Crippen LogP contribution in [0, 0.1) is 0 Å². The van der Waals surface area contributed by atoms with Crippen molar-refractivity contribution in [3.63, 3.8) is 0 Å². The van der Waals surface area contributed by atoms with Gasteiger partial charge in [-0.05, 0) is 74.3 Å². The maximum absolute atomic E-state index is 5.68. The predicted octanol–water partition coefficient (Wildman–Crippen LogP) is 4.40. The first-order valence-electron chi connectivity index (χ1n) is 8.48. The lowest BCUT2D eigenvalue weighted by Gasteiger charge is -2.37. The summed E-state index contributed by atoms with van der Waals surface area (Å²) in [5.74, 6) is 0.875. The van der Waals surface area contributed by atoms with Crippen molar-refractivity contribution >= 4 is 23.0 Å². The normalized spacial score (nSPS) is 17.4. The maximum atomic E-state index is 5.68. The zero-order valence-corrected chi connectivity index (χ0v) is 14.8. The summed E-state index contributed by atoms with van der Waals surface area (Å²) in [6.07, 6.45) is 7.26. The van der Waals surface area contributed by atoms with Gasteiger partial charge in [0.05, 0.1) is 12.6 Å². The Balaban J connectivity index is 1.70. The van der Waals surface area contributed by atoms with E-state index in [1.807, 2.05) is 49.6 Å². The number of ether oxygens (including phenoxy) is 1. The highest BCUT2D eigenvalue weighted by Gasteiger charge is 2.26. The molecule has 3 rings (SSSR count). The van der Waals surface area contributed by atoms with Crippen LogP contribution in [-0.4, -0.2) is 28.1 Å². The average Bonchev–Trinajstić information content (AvgIpc) is 2.64. The zero-order chi connectivity index (χ0) is 16.8. The van der Waals surface area contributed by atoms with Crippen LogP contribution in [-0.2, 0) is 0 Å². The molecular formula is C19H23N3OS. The predicted molar refractivity (Wildman–Crippen MR) is 101 cm³/mol. The monoisotopic (exact) mass is 341 g/mol. The van der Waals surface area contributed by atoms with Crippen LogP contribution in [0.25, 0.3) is 0 Å². The molecular weight excluding hydrogens is 318 g/mol. The van der Waals surface area contributed by atoms with E-state index >= 15 is 0 Å². The summed E-state index contributed by atoms with van der Waals surface area (Å²) >= 11 is 5.68. The highest BCUT2D eigenvalue weighted by molar-refractivity contribution is 7.80. The van der Waals surface area contributed by atoms with Crippen molar-refractivity contribution in [3.05, 3.63) is 54.4 Å². The fourth-order valence-electron chi connectivity index (χ4n) is 3.09. The molecule has 1 aliphatic heterocycles. The van der Waals surface area contributed by atoms with Gasteiger partial charge in [0.1, 0.15) is 5.75 Å². The third kappa shape index (κ3) is 4.03. The van der Waals surface area contributed by atoms with Crippen molar-refractivity contribution in [2.75, 3.05) is 18.5 Å². The molecule has 1 atom stereocenters. The van der Waals surface area contributed by atoms with Gasteiger partial charge in [-0.1, -0.05) is 6.07 Å². The second-order valence-corrected chi connectivity index (χ2v) is 6.27. The largest absolute Gasteiger partial charge is 0.494 e. The van der Waals surface area contributed by atoms with Gasteiger partial charge in [-0.25, -0.2) is 0 Å². The Hall–Kier alpha value is -2.14. The van der Waals surface area contributed by atoms with Crippen LogP contribution in [0.4, 0.5) is 5.69 Å². The van der Waals surface area contributed by atoms with E-state index in [0.717, 1.165) is 29.5 Å². The number of anilines is 1. The smallest absolute Gasteiger partial charge is 0.173 e. The first-order chi connectivity index (χ1) is 11.8. The number of aromatic nitrogens is 1. The van der Waals surface area contributed by atoms with Crippen LogP contribution in [0.3, 0.4) is 0 Å². The number of hydrogen-bond acceptors (Lipinski definition) is 3. The summed E-state index contributed by atoms with van der Waals surface area (Å²) in [5, 5.41) is 4.13. The highest BCUT2D eigenvalue weighted by Crippen LogP contribution is 2.31. The number of piperidine rings is 1. The Morgan fingerprint density at radius 3 is 2.83 bits per heavy atom. The van der Waals surface area contributed by atoms with Gasteiger partial charge in [0.15, 0.2) is 5.11 Å². The molecule has 1 unspecified atom stereocenters. The standard InChI is InChI=1S/C19H23N3OS/c1-2-23-17-10-8-16(9-11-17)21-19(24)22-13-4-3-7-18(22)15-6-5-12-20-14-15/h5-6,8-12,14,18H,2-4,7,13H2,1H3,(H,21,24). The van der Waals surface area contributed by atoms with Crippen LogP contribution in [0.15, 0.2) is 48.8 Å². The van der Waals surface area contributed by atoms with Crippen LogP contribution < -0.4 is 10.1 Å². The number of rotatable bonds is 4. The molecule has 2 heterocycles. The van der Waals surface area contributed by atoms with Crippen molar-refractivity contribution in [2.24, 2.45) is 0 Å². The van der Waals surface area contributed by atoms with Crippen molar-refractivity contribution in [3.8, 4) is 5.75 Å². The third-order valence-corrected chi connectivity index (χ3v) is 4.59. The summed E-state index contributed by atoms with van der Waals surface area (Å²) in [5.41, 5.74) is 2.21. The lowest BCUT2D eigenvalue weighted by Crippen LogP contribution is -2.41. The molecule has 0 amide bonds. The van der Waals surface area contributed by atoms with Crippen molar-refractivity contribution in [2.45, 2.75) is 32.2 Å². The van der Waals surface area contributed by atoms with Gasteiger partial charge in [-0.15, -0.1) is 0 Å². The van der Waals surface area contributed by atoms with E-state index in [2.05, 4.69) is 21.3 Å². The van der Waals surface area contributed by atoms with Gasteiger partial charge in [0.25, 0.3) is 0 Å². The minimum Gasteiger partial charge on any atom is -0.494 e. The van der Waals surface area contributed by atoms with E-state index in [9.17, 15) is 0 Å². The van der Waals surface area contributed by atoms with E-state index < -0.39 is 0 Å².